The van der Waals surface area contributed by atoms with Gasteiger partial charge in [-0.05, 0) is 27.7 Å². The SMILES string of the molecule is Cn1cncc1CNC(C)(C)C(C)(C)C(=O)O. The lowest BCUT2D eigenvalue weighted by Crippen LogP contribution is -2.54. The fourth-order valence-corrected chi connectivity index (χ4v) is 1.35. The summed E-state index contributed by atoms with van der Waals surface area (Å²) >= 11 is 0. The van der Waals surface area contributed by atoms with E-state index in [9.17, 15) is 9.90 Å². The number of hydrogen-bond acceptors (Lipinski definition) is 3. The van der Waals surface area contributed by atoms with Crippen molar-refractivity contribution in [3.63, 3.8) is 0 Å². The molecule has 5 heteroatoms. The van der Waals surface area contributed by atoms with Crippen LogP contribution in [0.25, 0.3) is 0 Å². The van der Waals surface area contributed by atoms with Gasteiger partial charge >= 0.3 is 5.97 Å². The van der Waals surface area contributed by atoms with E-state index in [1.165, 1.54) is 0 Å². The van der Waals surface area contributed by atoms with Crippen molar-refractivity contribution in [2.45, 2.75) is 39.8 Å². The molecule has 2 N–H and O–H groups in total. The lowest BCUT2D eigenvalue weighted by Gasteiger charge is -2.39. The number of carboxylic acids is 1. The highest BCUT2D eigenvalue weighted by atomic mass is 16.4. The van der Waals surface area contributed by atoms with E-state index in [0.717, 1.165) is 5.69 Å². The Morgan fingerprint density at radius 3 is 2.47 bits per heavy atom. The molecular formula is C12H21N3O2. The predicted molar refractivity (Wildman–Crippen MR) is 65.5 cm³/mol. The van der Waals surface area contributed by atoms with Gasteiger partial charge in [-0.3, -0.25) is 4.79 Å². The fraction of sp³-hybridized carbons (Fsp3) is 0.667. The molecule has 0 aromatic carbocycles. The van der Waals surface area contributed by atoms with Crippen molar-refractivity contribution >= 4 is 5.97 Å². The molecule has 1 aromatic heterocycles. The molecule has 0 aliphatic heterocycles. The van der Waals surface area contributed by atoms with Crippen molar-refractivity contribution in [2.75, 3.05) is 0 Å². The van der Waals surface area contributed by atoms with E-state index >= 15 is 0 Å². The van der Waals surface area contributed by atoms with Gasteiger partial charge in [0.2, 0.25) is 0 Å². The third-order valence-electron chi connectivity index (χ3n) is 3.73. The Morgan fingerprint density at radius 1 is 1.47 bits per heavy atom. The molecular weight excluding hydrogens is 218 g/mol. The van der Waals surface area contributed by atoms with Gasteiger partial charge in [0.1, 0.15) is 0 Å². The quantitative estimate of drug-likeness (QED) is 0.815. The van der Waals surface area contributed by atoms with E-state index in [1.54, 1.807) is 26.4 Å². The van der Waals surface area contributed by atoms with E-state index in [-0.39, 0.29) is 0 Å². The molecule has 0 bridgehead atoms. The molecule has 0 aliphatic rings. The second-order valence-electron chi connectivity index (χ2n) is 5.40. The van der Waals surface area contributed by atoms with Gasteiger partial charge in [0, 0.05) is 25.3 Å². The summed E-state index contributed by atoms with van der Waals surface area (Å²) in [5, 5.41) is 12.5. The minimum absolute atomic E-state index is 0.511. The maximum absolute atomic E-state index is 11.2. The van der Waals surface area contributed by atoms with Crippen LogP contribution in [0.5, 0.6) is 0 Å². The number of nitrogens with zero attached hydrogens (tertiary/aromatic N) is 2. The average Bonchev–Trinajstić information content (AvgIpc) is 2.60. The van der Waals surface area contributed by atoms with Crippen molar-refractivity contribution < 1.29 is 9.90 Å². The molecule has 0 radical (unpaired) electrons. The molecule has 1 heterocycles. The van der Waals surface area contributed by atoms with Crippen molar-refractivity contribution in [3.8, 4) is 0 Å². The van der Waals surface area contributed by atoms with Gasteiger partial charge in [-0.25, -0.2) is 4.98 Å². The van der Waals surface area contributed by atoms with Crippen LogP contribution in [0.3, 0.4) is 0 Å². The minimum Gasteiger partial charge on any atom is -0.481 e. The molecule has 0 amide bonds. The first-order valence-corrected chi connectivity index (χ1v) is 5.62. The summed E-state index contributed by atoms with van der Waals surface area (Å²) in [5.74, 6) is -0.806. The molecule has 5 nitrogen and oxygen atoms in total. The Labute approximate surface area is 102 Å². The van der Waals surface area contributed by atoms with Crippen molar-refractivity contribution in [2.24, 2.45) is 12.5 Å². The zero-order chi connectivity index (χ0) is 13.3. The lowest BCUT2D eigenvalue weighted by molar-refractivity contribution is -0.151. The smallest absolute Gasteiger partial charge is 0.310 e. The van der Waals surface area contributed by atoms with Crippen LogP contribution in [-0.2, 0) is 18.4 Å². The van der Waals surface area contributed by atoms with Crippen LogP contribution in [0.15, 0.2) is 12.5 Å². The van der Waals surface area contributed by atoms with E-state index in [1.807, 2.05) is 25.5 Å². The summed E-state index contributed by atoms with van der Waals surface area (Å²) in [4.78, 5) is 15.3. The second kappa shape index (κ2) is 4.49. The normalized spacial score (nSPS) is 12.8. The molecule has 96 valence electrons. The Balaban J connectivity index is 2.74. The van der Waals surface area contributed by atoms with Crippen molar-refractivity contribution in [3.05, 3.63) is 18.2 Å². The average molecular weight is 239 g/mol. The van der Waals surface area contributed by atoms with Crippen LogP contribution >= 0.6 is 0 Å². The number of carbonyl (C=O) groups is 1. The van der Waals surface area contributed by atoms with Crippen molar-refractivity contribution in [1.82, 2.24) is 14.9 Å². The molecule has 0 fully saturated rings. The summed E-state index contributed by atoms with van der Waals surface area (Å²) in [6, 6.07) is 0. The molecule has 0 spiro atoms. The third kappa shape index (κ3) is 2.66. The number of carboxylic acid groups (broad SMARTS) is 1. The Kier molecular flexibility index (Phi) is 3.62. The first-order valence-electron chi connectivity index (χ1n) is 5.62. The Bertz CT molecular complexity index is 408. The summed E-state index contributed by atoms with van der Waals surface area (Å²) in [7, 11) is 1.92. The van der Waals surface area contributed by atoms with Crippen LogP contribution in [-0.4, -0.2) is 26.2 Å². The first-order chi connectivity index (χ1) is 7.68. The summed E-state index contributed by atoms with van der Waals surface area (Å²) in [5.41, 5.74) is -0.325. The molecule has 1 rings (SSSR count). The van der Waals surface area contributed by atoms with Crippen LogP contribution < -0.4 is 5.32 Å². The van der Waals surface area contributed by atoms with E-state index in [2.05, 4.69) is 10.3 Å². The second-order valence-corrected chi connectivity index (χ2v) is 5.40. The standard InChI is InChI=1S/C12H21N3O2/c1-11(2,10(16)17)12(3,4)14-7-9-6-13-8-15(9)5/h6,8,14H,7H2,1-5H3,(H,16,17). The number of aliphatic carboxylic acids is 1. The van der Waals surface area contributed by atoms with Gasteiger partial charge in [-0.2, -0.15) is 0 Å². The van der Waals surface area contributed by atoms with Gasteiger partial charge in [0.15, 0.2) is 0 Å². The Hall–Kier alpha value is -1.36. The van der Waals surface area contributed by atoms with Crippen LogP contribution in [0.1, 0.15) is 33.4 Å². The van der Waals surface area contributed by atoms with Crippen molar-refractivity contribution in [1.29, 1.82) is 0 Å². The van der Waals surface area contributed by atoms with Gasteiger partial charge < -0.3 is 15.0 Å². The largest absolute Gasteiger partial charge is 0.481 e. The summed E-state index contributed by atoms with van der Waals surface area (Å²) in [6.07, 6.45) is 3.50. The van der Waals surface area contributed by atoms with E-state index < -0.39 is 16.9 Å². The fourth-order valence-electron chi connectivity index (χ4n) is 1.35. The molecule has 0 saturated carbocycles. The summed E-state index contributed by atoms with van der Waals surface area (Å²) in [6.45, 7) is 7.85. The zero-order valence-electron chi connectivity index (χ0n) is 11.1. The number of aromatic nitrogens is 2. The maximum Gasteiger partial charge on any atom is 0.310 e. The lowest BCUT2D eigenvalue weighted by atomic mass is 9.74. The molecule has 0 aliphatic carbocycles. The predicted octanol–water partition coefficient (Wildman–Crippen LogP) is 1.40. The molecule has 0 atom stereocenters. The summed E-state index contributed by atoms with van der Waals surface area (Å²) < 4.78 is 1.91. The first kappa shape index (κ1) is 13.7. The number of nitrogens with one attached hydrogen (secondary N) is 1. The molecule has 1 aromatic rings. The number of hydrogen-bond donors (Lipinski definition) is 2. The van der Waals surface area contributed by atoms with Crippen LogP contribution in [0, 0.1) is 5.41 Å². The minimum atomic E-state index is -0.842. The van der Waals surface area contributed by atoms with Gasteiger partial charge in [0.25, 0.3) is 0 Å². The molecule has 17 heavy (non-hydrogen) atoms. The van der Waals surface area contributed by atoms with Gasteiger partial charge in [0.05, 0.1) is 17.4 Å². The maximum atomic E-state index is 11.2. The van der Waals surface area contributed by atoms with Crippen LogP contribution in [0.4, 0.5) is 0 Å². The molecule has 0 saturated heterocycles. The van der Waals surface area contributed by atoms with Gasteiger partial charge in [-0.15, -0.1) is 0 Å². The highest BCUT2D eigenvalue weighted by Crippen LogP contribution is 2.30. The zero-order valence-corrected chi connectivity index (χ0v) is 11.1. The number of imidazole rings is 1. The van der Waals surface area contributed by atoms with Gasteiger partial charge in [-0.1, -0.05) is 0 Å². The van der Waals surface area contributed by atoms with E-state index in [4.69, 9.17) is 0 Å². The highest BCUT2D eigenvalue weighted by Gasteiger charge is 2.43. The third-order valence-corrected chi connectivity index (χ3v) is 3.73. The Morgan fingerprint density at radius 2 is 2.06 bits per heavy atom. The number of aryl methyl sites for hydroxylation is 1. The topological polar surface area (TPSA) is 67.2 Å². The number of rotatable bonds is 5. The van der Waals surface area contributed by atoms with E-state index in [0.29, 0.717) is 6.54 Å². The highest BCUT2D eigenvalue weighted by molar-refractivity contribution is 5.75. The molecule has 0 unspecified atom stereocenters. The monoisotopic (exact) mass is 239 g/mol. The van der Waals surface area contributed by atoms with Crippen LogP contribution in [0.2, 0.25) is 0 Å².